The molecule has 0 fully saturated rings. The van der Waals surface area contributed by atoms with Crippen molar-refractivity contribution in [1.82, 2.24) is 4.90 Å². The van der Waals surface area contributed by atoms with Crippen LogP contribution in [0.1, 0.15) is 168 Å². The highest BCUT2D eigenvalue weighted by molar-refractivity contribution is 6.17. The lowest BCUT2D eigenvalue weighted by Crippen LogP contribution is -2.43. The molecule has 1 heterocycles. The molecular formula is C50H73N3O3. The maximum atomic E-state index is 13.7. The molecule has 0 aliphatic carbocycles. The van der Waals surface area contributed by atoms with E-state index in [-0.39, 0.29) is 29.0 Å². The Kier molecular flexibility index (Phi) is 18.7. The third-order valence-corrected chi connectivity index (χ3v) is 12.2. The molecule has 0 N–H and O–H groups in total. The van der Waals surface area contributed by atoms with Gasteiger partial charge < -0.3 is 9.64 Å². The molecule has 56 heavy (non-hydrogen) atoms. The van der Waals surface area contributed by atoms with Crippen LogP contribution in [0.2, 0.25) is 0 Å². The van der Waals surface area contributed by atoms with E-state index in [2.05, 4.69) is 108 Å². The number of carbonyl (C=O) groups is 2. The van der Waals surface area contributed by atoms with Gasteiger partial charge >= 0.3 is 0 Å². The normalized spacial score (nSPS) is 14.7. The minimum Gasteiger partial charge on any atom is -0.493 e. The molecule has 3 rings (SSSR count). The average molecular weight is 764 g/mol. The average Bonchev–Trinajstić information content (AvgIpc) is 3.18. The molecule has 6 nitrogen and oxygen atoms in total. The Morgan fingerprint density at radius 3 is 2.02 bits per heavy atom. The van der Waals surface area contributed by atoms with Gasteiger partial charge in [-0.2, -0.15) is 0 Å². The first-order valence-corrected chi connectivity index (χ1v) is 21.7. The van der Waals surface area contributed by atoms with Gasteiger partial charge in [-0.3, -0.25) is 14.5 Å². The van der Waals surface area contributed by atoms with Crippen LogP contribution in [0.15, 0.2) is 65.4 Å². The van der Waals surface area contributed by atoms with Gasteiger partial charge in [-0.15, -0.1) is 0 Å². The van der Waals surface area contributed by atoms with Crippen molar-refractivity contribution >= 4 is 23.6 Å². The topological polar surface area (TPSA) is 54.2 Å². The SMILES string of the molecule is [C-]#[N+]C1=C(C)/C(=C/C=C/c2ccc(N(CC)CCCCCCCCCCCC)cc2C)C(=O)N(CCCOc2ccc(C(C)(C)CC)cc2C(C)(C)CC)C1=O. The molecule has 0 radical (unpaired) electrons. The van der Waals surface area contributed by atoms with E-state index in [0.717, 1.165) is 42.8 Å². The number of ether oxygens (including phenoxy) is 1. The van der Waals surface area contributed by atoms with Gasteiger partial charge in [-0.1, -0.05) is 143 Å². The summed E-state index contributed by atoms with van der Waals surface area (Å²) in [6.45, 7) is 32.0. The van der Waals surface area contributed by atoms with E-state index in [0.29, 0.717) is 24.2 Å². The van der Waals surface area contributed by atoms with E-state index in [1.165, 1.54) is 85.9 Å². The van der Waals surface area contributed by atoms with Crippen LogP contribution < -0.4 is 9.64 Å². The summed E-state index contributed by atoms with van der Waals surface area (Å²) in [4.78, 5) is 34.3. The molecule has 6 heteroatoms. The van der Waals surface area contributed by atoms with Crippen LogP contribution in [-0.4, -0.2) is 43.0 Å². The predicted molar refractivity (Wildman–Crippen MR) is 237 cm³/mol. The lowest BCUT2D eigenvalue weighted by molar-refractivity contribution is -0.140. The van der Waals surface area contributed by atoms with E-state index in [1.807, 2.05) is 12.2 Å². The summed E-state index contributed by atoms with van der Waals surface area (Å²) in [6.07, 6.45) is 21.4. The van der Waals surface area contributed by atoms with Crippen molar-refractivity contribution < 1.29 is 14.3 Å². The Balaban J connectivity index is 1.64. The summed E-state index contributed by atoms with van der Waals surface area (Å²) in [5.41, 5.74) is 6.71. The molecule has 0 spiro atoms. The van der Waals surface area contributed by atoms with Gasteiger partial charge in [0, 0.05) is 36.5 Å². The fraction of sp³-hybridized carbons (Fsp3) is 0.580. The van der Waals surface area contributed by atoms with E-state index in [9.17, 15) is 9.59 Å². The number of carbonyl (C=O) groups excluding carboxylic acids is 2. The molecule has 1 aliphatic rings. The van der Waals surface area contributed by atoms with Crippen molar-refractivity contribution in [3.63, 3.8) is 0 Å². The van der Waals surface area contributed by atoms with Gasteiger partial charge in [0.1, 0.15) is 5.75 Å². The van der Waals surface area contributed by atoms with E-state index >= 15 is 0 Å². The molecule has 306 valence electrons. The Hall–Kier alpha value is -4.11. The quantitative estimate of drug-likeness (QED) is 0.0462. The molecular weight excluding hydrogens is 691 g/mol. The summed E-state index contributed by atoms with van der Waals surface area (Å²) in [7, 11) is 0. The number of allylic oxidation sites excluding steroid dienone is 2. The molecule has 0 saturated carbocycles. The molecule has 2 aromatic rings. The molecule has 0 bridgehead atoms. The van der Waals surface area contributed by atoms with Gasteiger partial charge in [0.25, 0.3) is 17.5 Å². The zero-order valence-corrected chi connectivity index (χ0v) is 36.8. The Morgan fingerprint density at radius 2 is 1.43 bits per heavy atom. The first kappa shape index (κ1) is 46.3. The molecule has 0 saturated heterocycles. The lowest BCUT2D eigenvalue weighted by Gasteiger charge is -2.31. The number of aryl methyl sites for hydroxylation is 1. The summed E-state index contributed by atoms with van der Waals surface area (Å²) in [6, 6.07) is 13.1. The smallest absolute Gasteiger partial charge is 0.260 e. The number of hydrogen-bond donors (Lipinski definition) is 0. The number of benzene rings is 2. The standard InChI is InChI=1S/C50H73N3O3/c1-12-16-17-18-19-20-21-22-23-24-33-52(15-4)42-31-29-40(38(5)36-42)27-25-28-43-39(6)46(51-11)48(55)53(47(43)54)34-26-35-56-45-32-30-41(49(7,8)13-2)37-44(45)50(9,10)14-3/h25,27-32,36-37H,12-24,26,33-35H2,1-10H3/b27-25+,43-28-. The Morgan fingerprint density at radius 1 is 0.786 bits per heavy atom. The fourth-order valence-electron chi connectivity index (χ4n) is 7.30. The number of anilines is 1. The van der Waals surface area contributed by atoms with Crippen LogP contribution in [0.3, 0.4) is 0 Å². The van der Waals surface area contributed by atoms with Gasteiger partial charge in [-0.25, -0.2) is 4.85 Å². The number of imide groups is 1. The maximum absolute atomic E-state index is 13.7. The van der Waals surface area contributed by atoms with Crippen molar-refractivity contribution in [3.8, 4) is 5.75 Å². The van der Waals surface area contributed by atoms with Crippen LogP contribution in [-0.2, 0) is 20.4 Å². The fourth-order valence-corrected chi connectivity index (χ4v) is 7.30. The lowest BCUT2D eigenvalue weighted by atomic mass is 9.76. The van der Waals surface area contributed by atoms with Gasteiger partial charge in [0.2, 0.25) is 0 Å². The second-order valence-corrected chi connectivity index (χ2v) is 17.0. The van der Waals surface area contributed by atoms with Crippen LogP contribution in [0.4, 0.5) is 5.69 Å². The van der Waals surface area contributed by atoms with Crippen LogP contribution in [0.5, 0.6) is 5.75 Å². The number of hydrogen-bond acceptors (Lipinski definition) is 4. The van der Waals surface area contributed by atoms with E-state index in [1.54, 1.807) is 13.0 Å². The molecule has 0 aromatic heterocycles. The number of unbranched alkanes of at least 4 members (excludes halogenated alkanes) is 9. The number of nitrogens with zero attached hydrogens (tertiary/aromatic N) is 3. The van der Waals surface area contributed by atoms with E-state index < -0.39 is 5.91 Å². The monoisotopic (exact) mass is 764 g/mol. The summed E-state index contributed by atoms with van der Waals surface area (Å²) in [5, 5.41) is 0. The summed E-state index contributed by atoms with van der Waals surface area (Å²) >= 11 is 0. The summed E-state index contributed by atoms with van der Waals surface area (Å²) < 4.78 is 6.34. The van der Waals surface area contributed by atoms with Gasteiger partial charge in [0.15, 0.2) is 0 Å². The third-order valence-electron chi connectivity index (χ3n) is 12.2. The number of amides is 2. The molecule has 2 aromatic carbocycles. The highest BCUT2D eigenvalue weighted by atomic mass is 16.5. The van der Waals surface area contributed by atoms with Crippen LogP contribution in [0.25, 0.3) is 10.9 Å². The zero-order chi connectivity index (χ0) is 41.3. The second kappa shape index (κ2) is 22.6. The van der Waals surface area contributed by atoms with Crippen LogP contribution >= 0.6 is 0 Å². The van der Waals surface area contributed by atoms with Crippen molar-refractivity contribution in [2.45, 2.75) is 164 Å². The largest absolute Gasteiger partial charge is 0.493 e. The molecule has 2 amide bonds. The minimum atomic E-state index is -0.535. The van der Waals surface area contributed by atoms with Crippen molar-refractivity contribution in [1.29, 1.82) is 0 Å². The van der Waals surface area contributed by atoms with Crippen molar-refractivity contribution in [2.24, 2.45) is 0 Å². The minimum absolute atomic E-state index is 0.00567. The maximum Gasteiger partial charge on any atom is 0.260 e. The van der Waals surface area contributed by atoms with Crippen LogP contribution in [0, 0.1) is 13.5 Å². The van der Waals surface area contributed by atoms with Gasteiger partial charge in [-0.05, 0) is 97.7 Å². The molecule has 0 atom stereocenters. The third kappa shape index (κ3) is 12.7. The molecule has 0 unspecified atom stereocenters. The Bertz CT molecular complexity index is 1740. The molecule has 1 aliphatic heterocycles. The Labute approximate surface area is 341 Å². The zero-order valence-electron chi connectivity index (χ0n) is 36.8. The first-order valence-electron chi connectivity index (χ1n) is 21.7. The number of rotatable bonds is 24. The van der Waals surface area contributed by atoms with E-state index in [4.69, 9.17) is 11.3 Å². The first-order chi connectivity index (χ1) is 26.8. The highest BCUT2D eigenvalue weighted by Gasteiger charge is 2.35. The second-order valence-electron chi connectivity index (χ2n) is 17.0. The summed E-state index contributed by atoms with van der Waals surface area (Å²) in [5.74, 6) is -0.0691. The highest BCUT2D eigenvalue weighted by Crippen LogP contribution is 2.38. The van der Waals surface area contributed by atoms with Crippen molar-refractivity contribution in [3.05, 3.63) is 99.1 Å². The van der Waals surface area contributed by atoms with Crippen molar-refractivity contribution in [2.75, 3.05) is 31.1 Å². The predicted octanol–water partition coefficient (Wildman–Crippen LogP) is 13.1. The van der Waals surface area contributed by atoms with Gasteiger partial charge in [0.05, 0.1) is 13.2 Å².